The van der Waals surface area contributed by atoms with Gasteiger partial charge >= 0.3 is 5.97 Å². The Balaban J connectivity index is 3.17. The monoisotopic (exact) mass is 354 g/mol. The Morgan fingerprint density at radius 2 is 2.13 bits per heavy atom. The molecule has 0 aromatic heterocycles. The van der Waals surface area contributed by atoms with E-state index in [0.29, 0.717) is 22.5 Å². The number of alkyl halides is 1. The predicted molar refractivity (Wildman–Crippen MR) is 67.4 cm³/mol. The maximum atomic E-state index is 11.6. The minimum absolute atomic E-state index is 0.340. The van der Waals surface area contributed by atoms with E-state index in [1.54, 1.807) is 13.0 Å². The lowest BCUT2D eigenvalue weighted by atomic mass is 10.1. The van der Waals surface area contributed by atoms with Crippen LogP contribution < -0.4 is 0 Å². The summed E-state index contributed by atoms with van der Waals surface area (Å²) in [6.45, 7) is 2.13. The molecule has 0 saturated heterocycles. The van der Waals surface area contributed by atoms with Crippen molar-refractivity contribution in [3.63, 3.8) is 0 Å². The summed E-state index contributed by atoms with van der Waals surface area (Å²) in [5.41, 5.74) is 1.34. The highest BCUT2D eigenvalue weighted by Crippen LogP contribution is 2.28. The summed E-state index contributed by atoms with van der Waals surface area (Å²) < 4.78 is 6.43. The minimum Gasteiger partial charge on any atom is -0.462 e. The van der Waals surface area contributed by atoms with Gasteiger partial charge in [0.15, 0.2) is 0 Å². The van der Waals surface area contributed by atoms with Gasteiger partial charge in [-0.25, -0.2) is 4.79 Å². The summed E-state index contributed by atoms with van der Waals surface area (Å²) in [6.07, 6.45) is 0. The molecule has 5 heteroatoms. The Labute approximate surface area is 110 Å². The molecule has 0 atom stereocenters. The maximum Gasteiger partial charge on any atom is 0.339 e. The van der Waals surface area contributed by atoms with Gasteiger partial charge in [0.1, 0.15) is 0 Å². The highest BCUT2D eigenvalue weighted by Gasteiger charge is 2.14. The smallest absolute Gasteiger partial charge is 0.339 e. The average molecular weight is 356 g/mol. The van der Waals surface area contributed by atoms with Gasteiger partial charge in [-0.2, -0.15) is 0 Å². The van der Waals surface area contributed by atoms with Crippen LogP contribution in [0, 0.1) is 0 Å². The molecule has 0 N–H and O–H groups in total. The predicted octanol–water partition coefficient (Wildman–Crippen LogP) is 4.13. The summed E-state index contributed by atoms with van der Waals surface area (Å²) in [6, 6.07) is 3.57. The summed E-state index contributed by atoms with van der Waals surface area (Å²) >= 11 is 12.4. The largest absolute Gasteiger partial charge is 0.462 e. The molecule has 0 fully saturated rings. The SMILES string of the molecule is CCOC(=O)c1cc(Br)cc(CCl)c1Br. The number of rotatable bonds is 3. The van der Waals surface area contributed by atoms with Gasteiger partial charge < -0.3 is 4.74 Å². The molecule has 0 spiro atoms. The number of hydrogen-bond acceptors (Lipinski definition) is 2. The third kappa shape index (κ3) is 3.20. The first-order chi connectivity index (χ1) is 7.10. The van der Waals surface area contributed by atoms with Gasteiger partial charge in [-0.05, 0) is 40.5 Å². The number of carbonyl (C=O) groups excluding carboxylic acids is 1. The second-order valence-electron chi connectivity index (χ2n) is 2.78. The van der Waals surface area contributed by atoms with Crippen molar-refractivity contribution >= 4 is 49.4 Å². The van der Waals surface area contributed by atoms with Gasteiger partial charge in [0, 0.05) is 14.8 Å². The molecule has 1 aromatic carbocycles. The summed E-state index contributed by atoms with van der Waals surface area (Å²) in [4.78, 5) is 11.6. The van der Waals surface area contributed by atoms with Gasteiger partial charge in [-0.1, -0.05) is 15.9 Å². The Hall–Kier alpha value is -0.0600. The molecule has 0 bridgehead atoms. The van der Waals surface area contributed by atoms with Crippen LogP contribution in [0.5, 0.6) is 0 Å². The number of carbonyl (C=O) groups is 1. The van der Waals surface area contributed by atoms with E-state index in [2.05, 4.69) is 31.9 Å². The van der Waals surface area contributed by atoms with Gasteiger partial charge in [0.05, 0.1) is 12.2 Å². The number of benzene rings is 1. The standard InChI is InChI=1S/C10H9Br2ClO2/c1-2-15-10(14)8-4-7(11)3-6(5-13)9(8)12/h3-4H,2,5H2,1H3. The molecule has 15 heavy (non-hydrogen) atoms. The Kier molecular flexibility index (Phi) is 5.09. The van der Waals surface area contributed by atoms with E-state index in [9.17, 15) is 4.79 Å². The quantitative estimate of drug-likeness (QED) is 0.601. The van der Waals surface area contributed by atoms with Crippen molar-refractivity contribution in [3.05, 3.63) is 32.2 Å². The normalized spacial score (nSPS) is 10.1. The second kappa shape index (κ2) is 5.87. The van der Waals surface area contributed by atoms with Gasteiger partial charge in [-0.3, -0.25) is 0 Å². The van der Waals surface area contributed by atoms with E-state index >= 15 is 0 Å². The van der Waals surface area contributed by atoms with Crippen LogP contribution in [-0.2, 0) is 10.6 Å². The van der Waals surface area contributed by atoms with Crippen molar-refractivity contribution in [2.45, 2.75) is 12.8 Å². The molecule has 0 heterocycles. The second-order valence-corrected chi connectivity index (χ2v) is 4.76. The van der Waals surface area contributed by atoms with E-state index in [4.69, 9.17) is 16.3 Å². The molecule has 0 radical (unpaired) electrons. The molecule has 0 aliphatic carbocycles. The molecule has 0 aliphatic heterocycles. The molecule has 82 valence electrons. The number of hydrogen-bond donors (Lipinski definition) is 0. The first kappa shape index (κ1) is 13.0. The van der Waals surface area contributed by atoms with E-state index < -0.39 is 0 Å². The lowest BCUT2D eigenvalue weighted by molar-refractivity contribution is 0.0525. The van der Waals surface area contributed by atoms with Gasteiger partial charge in [-0.15, -0.1) is 11.6 Å². The van der Waals surface area contributed by atoms with E-state index in [-0.39, 0.29) is 5.97 Å². The van der Waals surface area contributed by atoms with Crippen LogP contribution >= 0.6 is 43.5 Å². The number of esters is 1. The van der Waals surface area contributed by atoms with Crippen molar-refractivity contribution in [1.29, 1.82) is 0 Å². The van der Waals surface area contributed by atoms with Crippen LogP contribution in [0.15, 0.2) is 21.1 Å². The van der Waals surface area contributed by atoms with Crippen molar-refractivity contribution in [2.24, 2.45) is 0 Å². The lowest BCUT2D eigenvalue weighted by Gasteiger charge is -2.08. The number of halogens is 3. The van der Waals surface area contributed by atoms with E-state index in [1.807, 2.05) is 6.07 Å². The zero-order valence-electron chi connectivity index (χ0n) is 8.02. The van der Waals surface area contributed by atoms with E-state index in [1.165, 1.54) is 0 Å². The summed E-state index contributed by atoms with van der Waals surface area (Å²) in [7, 11) is 0. The molecule has 0 saturated carbocycles. The van der Waals surface area contributed by atoms with Crippen LogP contribution in [0.1, 0.15) is 22.8 Å². The molecule has 1 aromatic rings. The van der Waals surface area contributed by atoms with Crippen LogP contribution in [-0.4, -0.2) is 12.6 Å². The van der Waals surface area contributed by atoms with Gasteiger partial charge in [0.2, 0.25) is 0 Å². The minimum atomic E-state index is -0.350. The van der Waals surface area contributed by atoms with Crippen LogP contribution in [0.4, 0.5) is 0 Å². The average Bonchev–Trinajstić information content (AvgIpc) is 2.21. The van der Waals surface area contributed by atoms with E-state index in [0.717, 1.165) is 10.0 Å². The molecule has 0 unspecified atom stereocenters. The highest BCUT2D eigenvalue weighted by molar-refractivity contribution is 9.11. The van der Waals surface area contributed by atoms with Gasteiger partial charge in [0.25, 0.3) is 0 Å². The van der Waals surface area contributed by atoms with Crippen molar-refractivity contribution in [2.75, 3.05) is 6.61 Å². The summed E-state index contributed by atoms with van der Waals surface area (Å²) in [5.74, 6) is -0.0103. The number of ether oxygens (including phenoxy) is 1. The zero-order valence-corrected chi connectivity index (χ0v) is 11.9. The topological polar surface area (TPSA) is 26.3 Å². The third-order valence-corrected chi connectivity index (χ3v) is 3.43. The highest BCUT2D eigenvalue weighted by atomic mass is 79.9. The molecular formula is C10H9Br2ClO2. The Morgan fingerprint density at radius 3 is 2.67 bits per heavy atom. The molecule has 0 aliphatic rings. The molecule has 2 nitrogen and oxygen atoms in total. The van der Waals surface area contributed by atoms with Crippen LogP contribution in [0.2, 0.25) is 0 Å². The lowest BCUT2D eigenvalue weighted by Crippen LogP contribution is -2.06. The molecule has 1 rings (SSSR count). The fraction of sp³-hybridized carbons (Fsp3) is 0.300. The Morgan fingerprint density at radius 1 is 1.47 bits per heavy atom. The third-order valence-electron chi connectivity index (χ3n) is 1.75. The fourth-order valence-corrected chi connectivity index (χ4v) is 2.51. The van der Waals surface area contributed by atoms with Crippen molar-refractivity contribution < 1.29 is 9.53 Å². The molecule has 0 amide bonds. The fourth-order valence-electron chi connectivity index (χ4n) is 1.10. The van der Waals surface area contributed by atoms with Crippen molar-refractivity contribution in [3.8, 4) is 0 Å². The first-order valence-corrected chi connectivity index (χ1v) is 6.43. The molecular weight excluding hydrogens is 347 g/mol. The Bertz CT molecular complexity index is 380. The van der Waals surface area contributed by atoms with Crippen LogP contribution in [0.25, 0.3) is 0 Å². The van der Waals surface area contributed by atoms with Crippen molar-refractivity contribution in [1.82, 2.24) is 0 Å². The maximum absolute atomic E-state index is 11.6. The summed E-state index contributed by atoms with van der Waals surface area (Å²) in [5, 5.41) is 0. The zero-order chi connectivity index (χ0) is 11.4. The first-order valence-electron chi connectivity index (χ1n) is 4.31. The van der Waals surface area contributed by atoms with Crippen LogP contribution in [0.3, 0.4) is 0 Å².